The van der Waals surface area contributed by atoms with Crippen molar-refractivity contribution in [1.82, 2.24) is 10.3 Å². The zero-order chi connectivity index (χ0) is 20.5. The van der Waals surface area contributed by atoms with E-state index in [0.29, 0.717) is 17.8 Å². The van der Waals surface area contributed by atoms with Gasteiger partial charge in [0.1, 0.15) is 5.82 Å². The number of carbonyl (C=O) groups excluding carboxylic acids is 2. The van der Waals surface area contributed by atoms with Crippen LogP contribution >= 0.6 is 0 Å². The fourth-order valence-electron chi connectivity index (χ4n) is 4.30. The maximum absolute atomic E-state index is 13.4. The minimum Gasteiger partial charge on any atom is -0.362 e. The van der Waals surface area contributed by atoms with Crippen molar-refractivity contribution in [2.24, 2.45) is 0 Å². The quantitative estimate of drug-likeness (QED) is 0.823. The normalized spacial score (nSPS) is 19.0. The van der Waals surface area contributed by atoms with Gasteiger partial charge in [-0.3, -0.25) is 9.59 Å². The number of aryl methyl sites for hydroxylation is 2. The van der Waals surface area contributed by atoms with Crippen LogP contribution in [0.4, 0.5) is 5.82 Å². The lowest BCUT2D eigenvalue weighted by Gasteiger charge is -2.35. The molecule has 1 aromatic heterocycles. The molecular formula is C24H25N3O2. The summed E-state index contributed by atoms with van der Waals surface area (Å²) in [7, 11) is 0. The SMILES string of the molecule is CC1=C(C(=O)Nc2cccc(C)n2)C(c2ccccc2C)C2=C(CCCC2=O)N1. The van der Waals surface area contributed by atoms with Crippen LogP contribution in [0.2, 0.25) is 0 Å². The lowest BCUT2D eigenvalue weighted by atomic mass is 9.74. The second-order valence-electron chi connectivity index (χ2n) is 7.74. The summed E-state index contributed by atoms with van der Waals surface area (Å²) in [6, 6.07) is 13.5. The molecule has 0 radical (unpaired) electrons. The summed E-state index contributed by atoms with van der Waals surface area (Å²) in [6.07, 6.45) is 2.19. The number of ketones is 1. The first-order chi connectivity index (χ1) is 14.0. The average molecular weight is 387 g/mol. The number of aromatic nitrogens is 1. The van der Waals surface area contributed by atoms with Gasteiger partial charge in [-0.05, 0) is 56.9 Å². The van der Waals surface area contributed by atoms with Crippen LogP contribution in [-0.2, 0) is 9.59 Å². The number of hydrogen-bond donors (Lipinski definition) is 2. The summed E-state index contributed by atoms with van der Waals surface area (Å²) in [6.45, 7) is 5.82. The Labute approximate surface area is 170 Å². The van der Waals surface area contributed by atoms with E-state index in [1.54, 1.807) is 6.07 Å². The molecule has 0 spiro atoms. The van der Waals surface area contributed by atoms with Crippen LogP contribution in [0.5, 0.6) is 0 Å². The molecule has 0 fully saturated rings. The highest BCUT2D eigenvalue weighted by Gasteiger charge is 2.38. The Morgan fingerprint density at radius 1 is 1.07 bits per heavy atom. The van der Waals surface area contributed by atoms with Crippen LogP contribution < -0.4 is 10.6 Å². The Hall–Kier alpha value is -3.21. The van der Waals surface area contributed by atoms with E-state index in [9.17, 15) is 9.59 Å². The standard InChI is InChI=1S/C24H25N3O2/c1-14-8-4-5-10-17(14)22-21(24(29)27-20-13-6-9-15(2)25-20)16(3)26-18-11-7-12-19(28)23(18)22/h4-6,8-10,13,22,26H,7,11-12H2,1-3H3,(H,25,27,29). The third-order valence-electron chi connectivity index (χ3n) is 5.65. The predicted octanol–water partition coefficient (Wildman–Crippen LogP) is 4.31. The summed E-state index contributed by atoms with van der Waals surface area (Å²) in [5.74, 6) is 0.0309. The number of pyridine rings is 1. The number of anilines is 1. The summed E-state index contributed by atoms with van der Waals surface area (Å²) >= 11 is 0. The molecule has 1 aliphatic carbocycles. The lowest BCUT2D eigenvalue weighted by molar-refractivity contribution is -0.116. The Bertz CT molecular complexity index is 1070. The van der Waals surface area contributed by atoms with Crippen molar-refractivity contribution in [2.75, 3.05) is 5.32 Å². The summed E-state index contributed by atoms with van der Waals surface area (Å²) in [4.78, 5) is 30.7. The summed E-state index contributed by atoms with van der Waals surface area (Å²) < 4.78 is 0. The van der Waals surface area contributed by atoms with E-state index in [1.165, 1.54) is 0 Å². The Morgan fingerprint density at radius 3 is 2.62 bits per heavy atom. The minimum absolute atomic E-state index is 0.124. The number of Topliss-reactive ketones (excluding diaryl/α,β-unsaturated/α-hetero) is 1. The van der Waals surface area contributed by atoms with Crippen LogP contribution in [0.1, 0.15) is 48.9 Å². The topological polar surface area (TPSA) is 71.1 Å². The van der Waals surface area contributed by atoms with Crippen molar-refractivity contribution in [3.05, 3.63) is 81.8 Å². The van der Waals surface area contributed by atoms with Crippen LogP contribution in [0.15, 0.2) is 65.0 Å². The number of nitrogens with one attached hydrogen (secondary N) is 2. The zero-order valence-electron chi connectivity index (χ0n) is 17.0. The summed E-state index contributed by atoms with van der Waals surface area (Å²) in [5, 5.41) is 6.28. The first kappa shape index (κ1) is 19.1. The first-order valence-electron chi connectivity index (χ1n) is 10.00. The van der Waals surface area contributed by atoms with Gasteiger partial charge in [-0.25, -0.2) is 4.98 Å². The third-order valence-corrected chi connectivity index (χ3v) is 5.65. The van der Waals surface area contributed by atoms with Gasteiger partial charge in [-0.2, -0.15) is 0 Å². The number of allylic oxidation sites excluding steroid dienone is 3. The van der Waals surface area contributed by atoms with Gasteiger partial charge in [0, 0.05) is 40.6 Å². The maximum Gasteiger partial charge on any atom is 0.255 e. The monoisotopic (exact) mass is 387 g/mol. The predicted molar refractivity (Wildman–Crippen MR) is 113 cm³/mol. The molecule has 29 heavy (non-hydrogen) atoms. The molecule has 1 aliphatic heterocycles. The number of nitrogens with zero attached hydrogens (tertiary/aromatic N) is 1. The molecule has 148 valence electrons. The molecule has 1 unspecified atom stereocenters. The van der Waals surface area contributed by atoms with E-state index >= 15 is 0 Å². The van der Waals surface area contributed by atoms with Gasteiger partial charge >= 0.3 is 0 Å². The van der Waals surface area contributed by atoms with Crippen LogP contribution in [0.25, 0.3) is 0 Å². The zero-order valence-corrected chi connectivity index (χ0v) is 17.0. The highest BCUT2D eigenvalue weighted by atomic mass is 16.2. The van der Waals surface area contributed by atoms with Gasteiger partial charge < -0.3 is 10.6 Å². The van der Waals surface area contributed by atoms with E-state index in [2.05, 4.69) is 15.6 Å². The Balaban J connectivity index is 1.81. The van der Waals surface area contributed by atoms with E-state index in [0.717, 1.165) is 46.6 Å². The average Bonchev–Trinajstić information content (AvgIpc) is 2.67. The molecule has 2 heterocycles. The molecule has 0 saturated carbocycles. The van der Waals surface area contributed by atoms with Crippen LogP contribution in [0.3, 0.4) is 0 Å². The fourth-order valence-corrected chi connectivity index (χ4v) is 4.30. The van der Waals surface area contributed by atoms with E-state index in [4.69, 9.17) is 0 Å². The van der Waals surface area contributed by atoms with Crippen molar-refractivity contribution in [2.45, 2.75) is 46.0 Å². The Morgan fingerprint density at radius 2 is 1.86 bits per heavy atom. The van der Waals surface area contributed by atoms with Crippen molar-refractivity contribution in [3.63, 3.8) is 0 Å². The minimum atomic E-state index is -0.370. The van der Waals surface area contributed by atoms with Crippen LogP contribution in [-0.4, -0.2) is 16.7 Å². The molecule has 0 saturated heterocycles. The van der Waals surface area contributed by atoms with Gasteiger partial charge in [0.25, 0.3) is 5.91 Å². The highest BCUT2D eigenvalue weighted by molar-refractivity contribution is 6.09. The first-order valence-corrected chi connectivity index (χ1v) is 10.00. The maximum atomic E-state index is 13.4. The molecule has 5 nitrogen and oxygen atoms in total. The Kier molecular flexibility index (Phi) is 5.05. The number of amides is 1. The molecule has 2 N–H and O–H groups in total. The van der Waals surface area contributed by atoms with Crippen molar-refractivity contribution >= 4 is 17.5 Å². The number of dihydropyridines is 1. The molecule has 2 aromatic rings. The molecule has 1 amide bonds. The number of benzene rings is 1. The largest absolute Gasteiger partial charge is 0.362 e. The molecule has 1 atom stereocenters. The molecule has 0 bridgehead atoms. The van der Waals surface area contributed by atoms with Crippen molar-refractivity contribution < 1.29 is 9.59 Å². The second-order valence-corrected chi connectivity index (χ2v) is 7.74. The summed E-state index contributed by atoms with van der Waals surface area (Å²) in [5.41, 5.74) is 5.96. The van der Waals surface area contributed by atoms with Gasteiger partial charge in [0.15, 0.2) is 5.78 Å². The number of carbonyl (C=O) groups is 2. The molecule has 1 aromatic carbocycles. The number of rotatable bonds is 3. The smallest absolute Gasteiger partial charge is 0.255 e. The molecule has 2 aliphatic rings. The van der Waals surface area contributed by atoms with Crippen molar-refractivity contribution in [1.29, 1.82) is 0 Å². The van der Waals surface area contributed by atoms with Gasteiger partial charge in [0.05, 0.1) is 0 Å². The van der Waals surface area contributed by atoms with Gasteiger partial charge in [-0.15, -0.1) is 0 Å². The van der Waals surface area contributed by atoms with Gasteiger partial charge in [0.2, 0.25) is 0 Å². The van der Waals surface area contributed by atoms with E-state index < -0.39 is 0 Å². The lowest BCUT2D eigenvalue weighted by Crippen LogP contribution is -2.35. The van der Waals surface area contributed by atoms with E-state index in [1.807, 2.05) is 57.2 Å². The molecule has 4 rings (SSSR count). The second kappa shape index (κ2) is 7.66. The van der Waals surface area contributed by atoms with Crippen LogP contribution in [0, 0.1) is 13.8 Å². The molecular weight excluding hydrogens is 362 g/mol. The van der Waals surface area contributed by atoms with Crippen molar-refractivity contribution in [3.8, 4) is 0 Å². The third kappa shape index (κ3) is 3.60. The number of hydrogen-bond acceptors (Lipinski definition) is 4. The molecule has 5 heteroatoms. The fraction of sp³-hybridized carbons (Fsp3) is 0.292. The highest BCUT2D eigenvalue weighted by Crippen LogP contribution is 2.43. The van der Waals surface area contributed by atoms with Gasteiger partial charge in [-0.1, -0.05) is 30.3 Å². The van der Waals surface area contributed by atoms with E-state index in [-0.39, 0.29) is 17.6 Å².